The lowest BCUT2D eigenvalue weighted by Gasteiger charge is -2.29. The lowest BCUT2D eigenvalue weighted by molar-refractivity contribution is 0.640. The summed E-state index contributed by atoms with van der Waals surface area (Å²) < 4.78 is 2.23. The normalized spacial score (nSPS) is 13.1. The average molecular weight is 770 g/mol. The number of benzene rings is 7. The third-order valence-corrected chi connectivity index (χ3v) is 11.9. The van der Waals surface area contributed by atoms with E-state index in [1.165, 1.54) is 16.7 Å². The molecule has 7 aromatic carbocycles. The maximum Gasteiger partial charge on any atom is 0.238 e. The van der Waals surface area contributed by atoms with E-state index < -0.39 is 0 Å². The van der Waals surface area contributed by atoms with E-state index in [0.29, 0.717) is 17.6 Å². The van der Waals surface area contributed by atoms with Crippen molar-refractivity contribution in [3.05, 3.63) is 222 Å². The van der Waals surface area contributed by atoms with Crippen molar-refractivity contribution in [3.8, 4) is 51.1 Å². The molecule has 0 saturated heterocycles. The van der Waals surface area contributed by atoms with Gasteiger partial charge in [0.1, 0.15) is 0 Å². The Morgan fingerprint density at radius 3 is 1.62 bits per heavy atom. The van der Waals surface area contributed by atoms with Gasteiger partial charge in [0.15, 0.2) is 11.6 Å². The summed E-state index contributed by atoms with van der Waals surface area (Å²) >= 11 is 0. The number of rotatable bonds is 6. The zero-order chi connectivity index (χ0) is 40.2. The van der Waals surface area contributed by atoms with Gasteiger partial charge in [0, 0.05) is 38.5 Å². The summed E-state index contributed by atoms with van der Waals surface area (Å²) in [6, 6.07) is 68.0. The molecule has 0 saturated carbocycles. The molecule has 0 unspecified atom stereocenters. The van der Waals surface area contributed by atoms with Gasteiger partial charge in [0.25, 0.3) is 0 Å². The van der Waals surface area contributed by atoms with Gasteiger partial charge in [-0.1, -0.05) is 178 Å². The Morgan fingerprint density at radius 2 is 0.950 bits per heavy atom. The van der Waals surface area contributed by atoms with Gasteiger partial charge in [0.2, 0.25) is 5.95 Å². The predicted molar refractivity (Wildman–Crippen MR) is 246 cm³/mol. The predicted octanol–water partition coefficient (Wildman–Crippen LogP) is 13.3. The zero-order valence-corrected chi connectivity index (χ0v) is 33.3. The van der Waals surface area contributed by atoms with E-state index in [1.54, 1.807) is 0 Å². The van der Waals surface area contributed by atoms with Crippen LogP contribution < -0.4 is 0 Å². The lowest BCUT2D eigenvalue weighted by atomic mass is 9.75. The van der Waals surface area contributed by atoms with Crippen molar-refractivity contribution in [3.63, 3.8) is 0 Å². The van der Waals surface area contributed by atoms with Crippen molar-refractivity contribution >= 4 is 33.5 Å². The molecule has 60 heavy (non-hydrogen) atoms. The van der Waals surface area contributed by atoms with E-state index in [2.05, 4.69) is 182 Å². The summed E-state index contributed by atoms with van der Waals surface area (Å²) in [6.07, 6.45) is 2.35. The van der Waals surface area contributed by atoms with E-state index in [1.807, 2.05) is 36.4 Å². The number of pyridine rings is 1. The van der Waals surface area contributed by atoms with Gasteiger partial charge >= 0.3 is 0 Å². The van der Waals surface area contributed by atoms with E-state index in [9.17, 15) is 0 Å². The molecule has 11 rings (SSSR count). The molecule has 5 nitrogen and oxygen atoms in total. The molecule has 3 heterocycles. The van der Waals surface area contributed by atoms with Crippen LogP contribution in [0.1, 0.15) is 41.8 Å². The average Bonchev–Trinajstić information content (AvgIpc) is 3.60. The molecule has 0 fully saturated rings. The summed E-state index contributed by atoms with van der Waals surface area (Å²) in [6.45, 7) is 4.68. The topological polar surface area (TPSA) is 56.5 Å². The van der Waals surface area contributed by atoms with E-state index in [0.717, 1.165) is 72.1 Å². The van der Waals surface area contributed by atoms with Gasteiger partial charge in [-0.15, -0.1) is 0 Å². The second-order valence-corrected chi connectivity index (χ2v) is 15.9. The van der Waals surface area contributed by atoms with E-state index in [-0.39, 0.29) is 5.41 Å². The molecular formula is C55H39N5. The summed E-state index contributed by atoms with van der Waals surface area (Å²) in [5, 5.41) is 2.23. The number of nitrogens with zero attached hydrogens (tertiary/aromatic N) is 5. The van der Waals surface area contributed by atoms with Crippen molar-refractivity contribution in [2.75, 3.05) is 0 Å². The van der Waals surface area contributed by atoms with Crippen LogP contribution in [0.2, 0.25) is 0 Å². The Hall–Kier alpha value is -7.76. The minimum absolute atomic E-state index is 0.386. The molecule has 5 heteroatoms. The van der Waals surface area contributed by atoms with E-state index >= 15 is 0 Å². The number of hydrogen-bond donors (Lipinski definition) is 0. The molecule has 0 spiro atoms. The van der Waals surface area contributed by atoms with Crippen LogP contribution in [0.4, 0.5) is 0 Å². The smallest absolute Gasteiger partial charge is 0.238 e. The Bertz CT molecular complexity index is 3140. The largest absolute Gasteiger partial charge is 0.278 e. The minimum Gasteiger partial charge on any atom is -0.278 e. The SMILES string of the molecule is CC1(C)c2ccccc2C=C(c2cc(-c3ccccc3)cc(-c3ccccc3)n2)c2cc3c4ccccc4n(-c4nc(-c5ccccc5)nc(-c5ccccc5)n4)c3cc21. The Labute approximate surface area is 349 Å². The molecule has 0 bridgehead atoms. The molecule has 0 amide bonds. The van der Waals surface area contributed by atoms with Crippen molar-refractivity contribution in [1.29, 1.82) is 0 Å². The highest BCUT2D eigenvalue weighted by Crippen LogP contribution is 2.47. The first-order chi connectivity index (χ1) is 29.5. The molecule has 10 aromatic rings. The lowest BCUT2D eigenvalue weighted by Crippen LogP contribution is -2.21. The van der Waals surface area contributed by atoms with Crippen LogP contribution in [0.25, 0.3) is 84.6 Å². The van der Waals surface area contributed by atoms with Crippen LogP contribution in [0.3, 0.4) is 0 Å². The standard InChI is InChI=1S/C55H39N5/c1-55(2)46-29-17-15-27-40(46)31-44(49-33-41(36-19-7-3-8-20-36)32-48(56-49)37-21-9-4-10-22-37)43-34-45-42-28-16-18-30-50(42)60(51(45)35-47(43)55)54-58-52(38-23-11-5-12-24-38)57-53(59-54)39-25-13-6-14-26-39/h3-35H,1-2H3. The quantitative estimate of drug-likeness (QED) is 0.169. The van der Waals surface area contributed by atoms with Gasteiger partial charge in [-0.2, -0.15) is 9.97 Å². The van der Waals surface area contributed by atoms with Gasteiger partial charge in [-0.3, -0.25) is 4.57 Å². The van der Waals surface area contributed by atoms with Crippen LogP contribution in [0.5, 0.6) is 0 Å². The third-order valence-electron chi connectivity index (χ3n) is 11.9. The first-order valence-corrected chi connectivity index (χ1v) is 20.4. The summed E-state index contributed by atoms with van der Waals surface area (Å²) in [5.41, 5.74) is 14.6. The molecule has 1 aliphatic carbocycles. The van der Waals surface area contributed by atoms with Crippen LogP contribution in [-0.4, -0.2) is 24.5 Å². The van der Waals surface area contributed by atoms with Crippen molar-refractivity contribution in [2.45, 2.75) is 19.3 Å². The Morgan fingerprint density at radius 1 is 0.400 bits per heavy atom. The molecule has 0 radical (unpaired) electrons. The Balaban J connectivity index is 1.21. The van der Waals surface area contributed by atoms with Crippen LogP contribution in [-0.2, 0) is 5.41 Å². The fourth-order valence-corrected chi connectivity index (χ4v) is 8.87. The van der Waals surface area contributed by atoms with Crippen molar-refractivity contribution in [2.24, 2.45) is 0 Å². The third kappa shape index (κ3) is 6.02. The summed E-state index contributed by atoms with van der Waals surface area (Å²) in [4.78, 5) is 21.0. The highest BCUT2D eigenvalue weighted by molar-refractivity contribution is 6.11. The maximum atomic E-state index is 5.49. The number of aromatic nitrogens is 5. The fourth-order valence-electron chi connectivity index (χ4n) is 8.87. The molecule has 0 atom stereocenters. The Kier molecular flexibility index (Phi) is 8.41. The summed E-state index contributed by atoms with van der Waals surface area (Å²) in [7, 11) is 0. The highest BCUT2D eigenvalue weighted by Gasteiger charge is 2.34. The first-order valence-electron chi connectivity index (χ1n) is 20.4. The maximum absolute atomic E-state index is 5.49. The van der Waals surface area contributed by atoms with Crippen LogP contribution >= 0.6 is 0 Å². The molecule has 3 aromatic heterocycles. The fraction of sp³-hybridized carbons (Fsp3) is 0.0545. The van der Waals surface area contributed by atoms with Crippen LogP contribution in [0, 0.1) is 0 Å². The minimum atomic E-state index is -0.386. The first kappa shape index (κ1) is 35.4. The van der Waals surface area contributed by atoms with Crippen molar-refractivity contribution in [1.82, 2.24) is 24.5 Å². The van der Waals surface area contributed by atoms with Gasteiger partial charge in [0.05, 0.1) is 22.4 Å². The number of hydrogen-bond acceptors (Lipinski definition) is 4. The summed E-state index contributed by atoms with van der Waals surface area (Å²) in [5.74, 6) is 1.82. The monoisotopic (exact) mass is 769 g/mol. The molecule has 0 aliphatic heterocycles. The number of para-hydroxylation sites is 1. The molecule has 1 aliphatic rings. The van der Waals surface area contributed by atoms with Gasteiger partial charge < -0.3 is 0 Å². The highest BCUT2D eigenvalue weighted by atomic mass is 15.2. The van der Waals surface area contributed by atoms with Crippen LogP contribution in [0.15, 0.2) is 194 Å². The molecule has 0 N–H and O–H groups in total. The second kappa shape index (κ2) is 14.3. The van der Waals surface area contributed by atoms with Gasteiger partial charge in [-0.05, 0) is 69.8 Å². The van der Waals surface area contributed by atoms with Crippen molar-refractivity contribution < 1.29 is 0 Å². The van der Waals surface area contributed by atoms with E-state index in [4.69, 9.17) is 19.9 Å². The number of fused-ring (bicyclic) bond motifs is 5. The zero-order valence-electron chi connectivity index (χ0n) is 33.3. The molecule has 284 valence electrons. The molecular weight excluding hydrogens is 731 g/mol. The van der Waals surface area contributed by atoms with Gasteiger partial charge in [-0.25, -0.2) is 9.97 Å². The second-order valence-electron chi connectivity index (χ2n) is 15.9.